The van der Waals surface area contributed by atoms with Crippen molar-refractivity contribution in [2.75, 3.05) is 18.6 Å². The number of rotatable bonds is 8. The van der Waals surface area contributed by atoms with Crippen LogP contribution in [0.3, 0.4) is 0 Å². The third kappa shape index (κ3) is 6.76. The van der Waals surface area contributed by atoms with Gasteiger partial charge in [0, 0.05) is 23.3 Å². The number of thioether (sulfide) groups is 1. The molecule has 0 saturated carbocycles. The summed E-state index contributed by atoms with van der Waals surface area (Å²) >= 11 is 1.76. The van der Waals surface area contributed by atoms with Crippen molar-refractivity contribution in [1.82, 2.24) is 5.32 Å². The Hall–Kier alpha value is -1.79. The molecule has 4 nitrogen and oxygen atoms in total. The molecule has 2 rings (SSSR count). The highest BCUT2D eigenvalue weighted by Gasteiger charge is 2.09. The van der Waals surface area contributed by atoms with E-state index in [1.165, 1.54) is 11.2 Å². The quantitative estimate of drug-likeness (QED) is 0.578. The van der Waals surface area contributed by atoms with E-state index in [9.17, 15) is 13.2 Å². The van der Waals surface area contributed by atoms with Crippen molar-refractivity contribution >= 4 is 27.5 Å². The topological polar surface area (TPSA) is 63.2 Å². The predicted molar refractivity (Wildman–Crippen MR) is 99.1 cm³/mol. The van der Waals surface area contributed by atoms with Crippen molar-refractivity contribution in [1.29, 1.82) is 0 Å². The third-order valence-electron chi connectivity index (χ3n) is 3.24. The van der Waals surface area contributed by atoms with Crippen molar-refractivity contribution in [2.45, 2.75) is 17.1 Å². The van der Waals surface area contributed by atoms with Gasteiger partial charge in [0.1, 0.15) is 0 Å². The molecule has 0 unspecified atom stereocenters. The van der Waals surface area contributed by atoms with Crippen LogP contribution in [-0.2, 0) is 15.6 Å². The van der Waals surface area contributed by atoms with Gasteiger partial charge in [-0.2, -0.15) is 0 Å². The zero-order valence-corrected chi connectivity index (χ0v) is 15.2. The second-order valence-corrected chi connectivity index (χ2v) is 8.85. The fourth-order valence-electron chi connectivity index (χ4n) is 2.19. The van der Waals surface area contributed by atoms with Gasteiger partial charge in [0.25, 0.3) is 5.91 Å². The van der Waals surface area contributed by atoms with E-state index in [-0.39, 0.29) is 11.7 Å². The molecule has 0 aromatic heterocycles. The lowest BCUT2D eigenvalue weighted by molar-refractivity contribution is 0.0953. The van der Waals surface area contributed by atoms with Gasteiger partial charge in [-0.1, -0.05) is 30.3 Å². The zero-order chi connectivity index (χ0) is 17.4. The molecule has 2 aromatic carbocycles. The first-order valence-electron chi connectivity index (χ1n) is 7.67. The van der Waals surface area contributed by atoms with Crippen LogP contribution in [0.1, 0.15) is 22.3 Å². The molecule has 0 atom stereocenters. The van der Waals surface area contributed by atoms with Gasteiger partial charge in [-0.05, 0) is 42.0 Å². The Kier molecular flexibility index (Phi) is 6.87. The summed E-state index contributed by atoms with van der Waals surface area (Å²) in [5.74, 6) is 0.704. The largest absolute Gasteiger partial charge is 0.352 e. The molecule has 0 aliphatic rings. The van der Waals surface area contributed by atoms with Crippen molar-refractivity contribution in [3.63, 3.8) is 0 Å². The second-order valence-electron chi connectivity index (χ2n) is 5.54. The average molecular weight is 364 g/mol. The van der Waals surface area contributed by atoms with E-state index in [1.807, 2.05) is 18.2 Å². The van der Waals surface area contributed by atoms with Crippen LogP contribution in [0.4, 0.5) is 0 Å². The van der Waals surface area contributed by atoms with Crippen molar-refractivity contribution in [2.24, 2.45) is 0 Å². The van der Waals surface area contributed by atoms with Crippen LogP contribution in [0.2, 0.25) is 0 Å². The van der Waals surface area contributed by atoms with E-state index in [2.05, 4.69) is 17.4 Å². The van der Waals surface area contributed by atoms with E-state index in [0.29, 0.717) is 17.7 Å². The highest BCUT2D eigenvalue weighted by atomic mass is 32.2. The fourth-order valence-corrected chi connectivity index (χ4v) is 3.85. The first-order valence-corrected chi connectivity index (χ1v) is 10.7. The fraction of sp³-hybridized carbons (Fsp3) is 0.278. The number of benzene rings is 2. The lowest BCUT2D eigenvalue weighted by Gasteiger charge is -2.07. The minimum absolute atomic E-state index is 0.0537. The summed E-state index contributed by atoms with van der Waals surface area (Å²) < 4.78 is 22.7. The molecular weight excluding hydrogens is 342 g/mol. The summed E-state index contributed by atoms with van der Waals surface area (Å²) in [5.41, 5.74) is 1.12. The summed E-state index contributed by atoms with van der Waals surface area (Å²) in [7, 11) is -3.10. The number of nitrogens with one attached hydrogen (secondary N) is 1. The summed E-state index contributed by atoms with van der Waals surface area (Å²) in [6.45, 7) is 0.592. The van der Waals surface area contributed by atoms with Crippen LogP contribution >= 0.6 is 11.8 Å². The SMILES string of the molecule is CS(=O)(=O)Cc1cccc(C(=O)NCCCSc2ccccc2)c1. The van der Waals surface area contributed by atoms with Crippen molar-refractivity contribution < 1.29 is 13.2 Å². The monoisotopic (exact) mass is 363 g/mol. The number of hydrogen-bond acceptors (Lipinski definition) is 4. The van der Waals surface area contributed by atoms with E-state index in [4.69, 9.17) is 0 Å². The van der Waals surface area contributed by atoms with Crippen LogP contribution in [0, 0.1) is 0 Å². The molecule has 0 spiro atoms. The van der Waals surface area contributed by atoms with Crippen LogP contribution in [0.25, 0.3) is 0 Å². The Labute approximate surface area is 147 Å². The minimum Gasteiger partial charge on any atom is -0.352 e. The summed E-state index contributed by atoms with van der Waals surface area (Å²) in [4.78, 5) is 13.3. The molecule has 24 heavy (non-hydrogen) atoms. The Balaban J connectivity index is 1.77. The highest BCUT2D eigenvalue weighted by Crippen LogP contribution is 2.17. The second kappa shape index (κ2) is 8.89. The number of carbonyl (C=O) groups is 1. The van der Waals surface area contributed by atoms with E-state index in [0.717, 1.165) is 12.2 Å². The summed E-state index contributed by atoms with van der Waals surface area (Å²) in [6, 6.07) is 16.9. The number of sulfone groups is 1. The zero-order valence-electron chi connectivity index (χ0n) is 13.6. The standard InChI is InChI=1S/C18H21NO3S2/c1-24(21,22)14-15-7-5-8-16(13-15)18(20)19-11-6-12-23-17-9-3-2-4-10-17/h2-5,7-10,13H,6,11-12,14H2,1H3,(H,19,20). The van der Waals surface area contributed by atoms with Gasteiger partial charge in [-0.3, -0.25) is 4.79 Å². The molecule has 0 radical (unpaired) electrons. The predicted octanol–water partition coefficient (Wildman–Crippen LogP) is 3.14. The highest BCUT2D eigenvalue weighted by molar-refractivity contribution is 7.99. The number of hydrogen-bond donors (Lipinski definition) is 1. The first-order chi connectivity index (χ1) is 11.4. The van der Waals surface area contributed by atoms with Crippen molar-refractivity contribution in [3.05, 3.63) is 65.7 Å². The third-order valence-corrected chi connectivity index (χ3v) is 5.19. The maximum atomic E-state index is 12.1. The molecule has 0 aliphatic carbocycles. The van der Waals surface area contributed by atoms with Crippen LogP contribution < -0.4 is 5.32 Å². The number of amides is 1. The van der Waals surface area contributed by atoms with Gasteiger partial charge in [-0.15, -0.1) is 11.8 Å². The molecule has 0 fully saturated rings. The van der Waals surface area contributed by atoms with Gasteiger partial charge >= 0.3 is 0 Å². The van der Waals surface area contributed by atoms with Gasteiger partial charge in [0.15, 0.2) is 9.84 Å². The molecule has 1 amide bonds. The molecule has 0 saturated heterocycles. The summed E-state index contributed by atoms with van der Waals surface area (Å²) in [6.07, 6.45) is 2.05. The molecule has 0 heterocycles. The van der Waals surface area contributed by atoms with Gasteiger partial charge < -0.3 is 5.32 Å². The maximum Gasteiger partial charge on any atom is 0.251 e. The maximum absolute atomic E-state index is 12.1. The molecule has 128 valence electrons. The first kappa shape index (κ1) is 18.5. The minimum atomic E-state index is -3.10. The van der Waals surface area contributed by atoms with Crippen molar-refractivity contribution in [3.8, 4) is 0 Å². The van der Waals surface area contributed by atoms with E-state index < -0.39 is 9.84 Å². The Morgan fingerprint density at radius 3 is 2.54 bits per heavy atom. The smallest absolute Gasteiger partial charge is 0.251 e. The molecule has 0 aliphatic heterocycles. The van der Waals surface area contributed by atoms with E-state index >= 15 is 0 Å². The van der Waals surface area contributed by atoms with Gasteiger partial charge in [0.05, 0.1) is 5.75 Å². The molecule has 0 bridgehead atoms. The Bertz CT molecular complexity index is 774. The normalized spacial score (nSPS) is 11.2. The Morgan fingerprint density at radius 1 is 1.08 bits per heavy atom. The summed E-state index contributed by atoms with van der Waals surface area (Å²) in [5, 5.41) is 2.87. The molecular formula is C18H21NO3S2. The van der Waals surface area contributed by atoms with E-state index in [1.54, 1.807) is 36.0 Å². The Morgan fingerprint density at radius 2 is 1.83 bits per heavy atom. The molecule has 2 aromatic rings. The molecule has 6 heteroatoms. The lowest BCUT2D eigenvalue weighted by atomic mass is 10.1. The van der Waals surface area contributed by atoms with Crippen LogP contribution in [0.5, 0.6) is 0 Å². The van der Waals surface area contributed by atoms with Crippen LogP contribution in [-0.4, -0.2) is 32.9 Å². The molecule has 1 N–H and O–H groups in total. The van der Waals surface area contributed by atoms with Gasteiger partial charge in [0.2, 0.25) is 0 Å². The average Bonchev–Trinajstić information content (AvgIpc) is 2.54. The lowest BCUT2D eigenvalue weighted by Crippen LogP contribution is -2.24. The van der Waals surface area contributed by atoms with Crippen LogP contribution in [0.15, 0.2) is 59.5 Å². The number of carbonyl (C=O) groups excluding carboxylic acids is 1. The van der Waals surface area contributed by atoms with Gasteiger partial charge in [-0.25, -0.2) is 8.42 Å².